The molecule has 0 amide bonds. The first-order valence-electron chi connectivity index (χ1n) is 8.68. The predicted molar refractivity (Wildman–Crippen MR) is 94.1 cm³/mol. The number of hydrogen-bond donors (Lipinski definition) is 2. The Kier molecular flexibility index (Phi) is 5.61. The quantitative estimate of drug-likeness (QED) is 0.731. The predicted octanol–water partition coefficient (Wildman–Crippen LogP) is 5.23. The zero-order chi connectivity index (χ0) is 17.1. The fourth-order valence-electron chi connectivity index (χ4n) is 3.84. The molecule has 3 heteroatoms. The summed E-state index contributed by atoms with van der Waals surface area (Å²) in [4.78, 5) is 0. The number of benzene rings is 1. The summed E-state index contributed by atoms with van der Waals surface area (Å²) in [7, 11) is 0. The van der Waals surface area contributed by atoms with Crippen LogP contribution in [0.25, 0.3) is 0 Å². The van der Waals surface area contributed by atoms with Crippen LogP contribution in [0.15, 0.2) is 24.8 Å². The number of phenols is 2. The lowest BCUT2D eigenvalue weighted by Crippen LogP contribution is -2.26. The third-order valence-corrected chi connectivity index (χ3v) is 5.16. The lowest BCUT2D eigenvalue weighted by atomic mass is 9.67. The number of hydrogen-bond acceptors (Lipinski definition) is 3. The van der Waals surface area contributed by atoms with Crippen molar-refractivity contribution in [2.24, 2.45) is 17.8 Å². The van der Waals surface area contributed by atoms with Gasteiger partial charge in [-0.3, -0.25) is 0 Å². The molecule has 0 saturated heterocycles. The SMILES string of the molecule is C=CC(C)Oc1cc(O)c(C2CC(C)CCC2C(C)C)c(O)c1. The van der Waals surface area contributed by atoms with Gasteiger partial charge in [0.05, 0.1) is 0 Å². The highest BCUT2D eigenvalue weighted by Crippen LogP contribution is 2.50. The molecular weight excluding hydrogens is 288 g/mol. The summed E-state index contributed by atoms with van der Waals surface area (Å²) in [6, 6.07) is 3.23. The van der Waals surface area contributed by atoms with E-state index in [0.717, 1.165) is 12.8 Å². The van der Waals surface area contributed by atoms with Crippen LogP contribution in [-0.2, 0) is 0 Å². The van der Waals surface area contributed by atoms with E-state index in [4.69, 9.17) is 4.74 Å². The first-order valence-corrected chi connectivity index (χ1v) is 8.68. The van der Waals surface area contributed by atoms with Crippen LogP contribution in [0.3, 0.4) is 0 Å². The van der Waals surface area contributed by atoms with Gasteiger partial charge in [-0.05, 0) is 43.4 Å². The standard InChI is InChI=1S/C20H30O3/c1-6-14(5)23-15-10-18(21)20(19(22)11-15)17-9-13(4)7-8-16(17)12(2)3/h6,10-14,16-17,21-22H,1,7-9H2,2-5H3. The Morgan fingerprint density at radius 3 is 2.30 bits per heavy atom. The van der Waals surface area contributed by atoms with Crippen molar-refractivity contribution < 1.29 is 14.9 Å². The minimum Gasteiger partial charge on any atom is -0.507 e. The van der Waals surface area contributed by atoms with E-state index in [2.05, 4.69) is 27.4 Å². The molecule has 4 atom stereocenters. The fraction of sp³-hybridized carbons (Fsp3) is 0.600. The molecule has 23 heavy (non-hydrogen) atoms. The first kappa shape index (κ1) is 17.7. The van der Waals surface area contributed by atoms with E-state index in [9.17, 15) is 10.2 Å². The van der Waals surface area contributed by atoms with Gasteiger partial charge < -0.3 is 14.9 Å². The van der Waals surface area contributed by atoms with Crippen molar-refractivity contribution in [3.8, 4) is 17.2 Å². The lowest BCUT2D eigenvalue weighted by molar-refractivity contribution is 0.191. The summed E-state index contributed by atoms with van der Waals surface area (Å²) < 4.78 is 5.62. The molecule has 1 aromatic rings. The molecule has 128 valence electrons. The third kappa shape index (κ3) is 4.01. The van der Waals surface area contributed by atoms with Crippen molar-refractivity contribution in [1.82, 2.24) is 0 Å². The van der Waals surface area contributed by atoms with E-state index in [-0.39, 0.29) is 23.5 Å². The molecule has 4 unspecified atom stereocenters. The maximum Gasteiger partial charge on any atom is 0.127 e. The molecular formula is C20H30O3. The monoisotopic (exact) mass is 318 g/mol. The number of aromatic hydroxyl groups is 2. The average Bonchev–Trinajstić information content (AvgIpc) is 2.46. The molecule has 1 aromatic carbocycles. The van der Waals surface area contributed by atoms with Gasteiger partial charge >= 0.3 is 0 Å². The Hall–Kier alpha value is -1.64. The number of rotatable bonds is 5. The van der Waals surface area contributed by atoms with Gasteiger partial charge in [0.1, 0.15) is 23.4 Å². The van der Waals surface area contributed by atoms with Crippen molar-refractivity contribution in [3.63, 3.8) is 0 Å². The second-order valence-electron chi connectivity index (χ2n) is 7.37. The maximum atomic E-state index is 10.5. The summed E-state index contributed by atoms with van der Waals surface area (Å²) in [6.45, 7) is 12.3. The van der Waals surface area contributed by atoms with Gasteiger partial charge in [0, 0.05) is 17.7 Å². The van der Waals surface area contributed by atoms with Gasteiger partial charge in [0.15, 0.2) is 0 Å². The topological polar surface area (TPSA) is 49.7 Å². The Morgan fingerprint density at radius 1 is 1.17 bits per heavy atom. The van der Waals surface area contributed by atoms with E-state index >= 15 is 0 Å². The Morgan fingerprint density at radius 2 is 1.78 bits per heavy atom. The zero-order valence-corrected chi connectivity index (χ0v) is 14.7. The molecule has 0 bridgehead atoms. The van der Waals surface area contributed by atoms with Crippen LogP contribution >= 0.6 is 0 Å². The maximum absolute atomic E-state index is 10.5. The van der Waals surface area contributed by atoms with Crippen LogP contribution in [-0.4, -0.2) is 16.3 Å². The number of phenolic OH excluding ortho intramolecular Hbond substituents is 2. The van der Waals surface area contributed by atoms with E-state index < -0.39 is 0 Å². The minimum absolute atomic E-state index is 0.140. The molecule has 0 spiro atoms. The fourth-order valence-corrected chi connectivity index (χ4v) is 3.84. The molecule has 0 radical (unpaired) electrons. The van der Waals surface area contributed by atoms with Crippen LogP contribution in [0.1, 0.15) is 58.4 Å². The molecule has 1 aliphatic carbocycles. The van der Waals surface area contributed by atoms with E-state index in [0.29, 0.717) is 29.1 Å². The van der Waals surface area contributed by atoms with Crippen molar-refractivity contribution in [2.75, 3.05) is 0 Å². The summed E-state index contributed by atoms with van der Waals surface area (Å²) in [6.07, 6.45) is 4.89. The molecule has 0 aromatic heterocycles. The number of ether oxygens (including phenoxy) is 1. The molecule has 1 saturated carbocycles. The van der Waals surface area contributed by atoms with E-state index in [1.165, 1.54) is 6.42 Å². The van der Waals surface area contributed by atoms with Crippen LogP contribution in [0.4, 0.5) is 0 Å². The Labute approximate surface area is 140 Å². The van der Waals surface area contributed by atoms with Crippen LogP contribution < -0.4 is 4.74 Å². The van der Waals surface area contributed by atoms with Crippen molar-refractivity contribution in [2.45, 2.75) is 59.0 Å². The second kappa shape index (κ2) is 7.29. The second-order valence-corrected chi connectivity index (χ2v) is 7.37. The molecule has 2 rings (SSSR count). The summed E-state index contributed by atoms with van der Waals surface area (Å²) in [5.41, 5.74) is 0.689. The zero-order valence-electron chi connectivity index (χ0n) is 14.7. The lowest BCUT2D eigenvalue weighted by Gasteiger charge is -2.38. The average molecular weight is 318 g/mol. The molecule has 1 fully saturated rings. The Bertz CT molecular complexity index is 527. The van der Waals surface area contributed by atoms with E-state index in [1.54, 1.807) is 18.2 Å². The third-order valence-electron chi connectivity index (χ3n) is 5.16. The van der Waals surface area contributed by atoms with Crippen LogP contribution in [0.2, 0.25) is 0 Å². The van der Waals surface area contributed by atoms with Gasteiger partial charge in [-0.1, -0.05) is 39.8 Å². The molecule has 0 heterocycles. The van der Waals surface area contributed by atoms with Crippen LogP contribution in [0, 0.1) is 17.8 Å². The van der Waals surface area contributed by atoms with Gasteiger partial charge in [-0.15, -0.1) is 0 Å². The molecule has 1 aliphatic rings. The summed E-state index contributed by atoms with van der Waals surface area (Å²) >= 11 is 0. The van der Waals surface area contributed by atoms with Gasteiger partial charge in [0.2, 0.25) is 0 Å². The van der Waals surface area contributed by atoms with Crippen molar-refractivity contribution in [3.05, 3.63) is 30.4 Å². The first-order chi connectivity index (χ1) is 10.8. The molecule has 3 nitrogen and oxygen atoms in total. The molecule has 2 N–H and O–H groups in total. The highest BCUT2D eigenvalue weighted by atomic mass is 16.5. The van der Waals surface area contributed by atoms with Gasteiger partial charge in [-0.2, -0.15) is 0 Å². The normalized spacial score (nSPS) is 26.0. The van der Waals surface area contributed by atoms with Crippen LogP contribution in [0.5, 0.6) is 17.2 Å². The van der Waals surface area contributed by atoms with Crippen molar-refractivity contribution in [1.29, 1.82) is 0 Å². The van der Waals surface area contributed by atoms with E-state index in [1.807, 2.05) is 6.92 Å². The Balaban J connectivity index is 2.35. The van der Waals surface area contributed by atoms with Crippen molar-refractivity contribution >= 4 is 0 Å². The molecule has 0 aliphatic heterocycles. The highest BCUT2D eigenvalue weighted by Gasteiger charge is 2.35. The smallest absolute Gasteiger partial charge is 0.127 e. The summed E-state index contributed by atoms with van der Waals surface area (Å²) in [5, 5.41) is 21.1. The minimum atomic E-state index is -0.169. The van der Waals surface area contributed by atoms with Gasteiger partial charge in [0.25, 0.3) is 0 Å². The highest BCUT2D eigenvalue weighted by molar-refractivity contribution is 5.51. The van der Waals surface area contributed by atoms with Gasteiger partial charge in [-0.25, -0.2) is 0 Å². The summed E-state index contributed by atoms with van der Waals surface area (Å²) in [5.74, 6) is 2.59. The largest absolute Gasteiger partial charge is 0.507 e.